The molecule has 0 radical (unpaired) electrons. The maximum absolute atomic E-state index is 10.6. The predicted octanol–water partition coefficient (Wildman–Crippen LogP) is 0.497. The molecule has 0 saturated carbocycles. The molecule has 0 aromatic rings. The molecule has 92 valence electrons. The number of sulfonamides is 1. The van der Waals surface area contributed by atoms with Crippen molar-refractivity contribution in [3.8, 4) is 0 Å². The van der Waals surface area contributed by atoms with Crippen LogP contribution in [0.1, 0.15) is 26.7 Å². The normalized spacial score (nSPS) is 13.1. The van der Waals surface area contributed by atoms with Crippen LogP contribution in [0.25, 0.3) is 0 Å². The van der Waals surface area contributed by atoms with Crippen molar-refractivity contribution in [1.29, 1.82) is 0 Å². The van der Waals surface area contributed by atoms with E-state index in [1.807, 2.05) is 13.8 Å². The lowest BCUT2D eigenvalue weighted by Gasteiger charge is -2.22. The van der Waals surface area contributed by atoms with Crippen LogP contribution in [0, 0.1) is 0 Å². The summed E-state index contributed by atoms with van der Waals surface area (Å²) in [5.74, 6) is -0.0271. The van der Waals surface area contributed by atoms with Crippen LogP contribution in [0.15, 0.2) is 0 Å². The molecule has 6 heteroatoms. The van der Waals surface area contributed by atoms with Crippen molar-refractivity contribution in [1.82, 2.24) is 0 Å². The highest BCUT2D eigenvalue weighted by Crippen LogP contribution is 2.12. The Labute approximate surface area is 92.0 Å². The summed E-state index contributed by atoms with van der Waals surface area (Å²) in [7, 11) is -1.70. The van der Waals surface area contributed by atoms with Crippen molar-refractivity contribution in [2.24, 2.45) is 5.14 Å². The van der Waals surface area contributed by atoms with Crippen molar-refractivity contribution in [2.45, 2.75) is 32.3 Å². The van der Waals surface area contributed by atoms with Gasteiger partial charge in [0.25, 0.3) is 0 Å². The van der Waals surface area contributed by atoms with Crippen LogP contribution in [0.3, 0.4) is 0 Å². The highest BCUT2D eigenvalue weighted by atomic mass is 32.2. The zero-order chi connectivity index (χ0) is 11.9. The zero-order valence-electron chi connectivity index (χ0n) is 9.65. The second kappa shape index (κ2) is 6.42. The Bertz CT molecular complexity index is 261. The minimum atomic E-state index is -3.35. The van der Waals surface area contributed by atoms with Gasteiger partial charge in [-0.15, -0.1) is 0 Å². The molecule has 0 aliphatic rings. The Morgan fingerprint density at radius 2 is 1.87 bits per heavy atom. The molecule has 0 aliphatic carbocycles. The Kier molecular flexibility index (Phi) is 6.35. The Hall–Kier alpha value is -0.170. The molecule has 0 aromatic heterocycles. The van der Waals surface area contributed by atoms with E-state index >= 15 is 0 Å². The van der Waals surface area contributed by atoms with Crippen LogP contribution in [-0.2, 0) is 19.5 Å². The Balaban J connectivity index is 3.41. The summed E-state index contributed by atoms with van der Waals surface area (Å²) in [5.41, 5.74) is -0.195. The molecule has 0 rings (SSSR count). The molecular formula is C9H21NO4S. The minimum absolute atomic E-state index is 0.0271. The first-order valence-corrected chi connectivity index (χ1v) is 6.62. The summed E-state index contributed by atoms with van der Waals surface area (Å²) in [4.78, 5) is 0. The first kappa shape index (κ1) is 14.8. The van der Waals surface area contributed by atoms with Crippen LogP contribution >= 0.6 is 0 Å². The van der Waals surface area contributed by atoms with E-state index in [0.717, 1.165) is 6.42 Å². The van der Waals surface area contributed by atoms with Gasteiger partial charge in [0.1, 0.15) is 0 Å². The van der Waals surface area contributed by atoms with Gasteiger partial charge in [-0.25, -0.2) is 13.6 Å². The van der Waals surface area contributed by atoms with Gasteiger partial charge in [0.15, 0.2) is 0 Å². The van der Waals surface area contributed by atoms with Crippen molar-refractivity contribution >= 4 is 10.0 Å². The molecule has 0 spiro atoms. The molecule has 0 saturated heterocycles. The van der Waals surface area contributed by atoms with Crippen molar-refractivity contribution in [2.75, 3.05) is 26.1 Å². The third kappa shape index (κ3) is 10.1. The zero-order valence-corrected chi connectivity index (χ0v) is 10.5. The van der Waals surface area contributed by atoms with Crippen LogP contribution in [0.4, 0.5) is 0 Å². The van der Waals surface area contributed by atoms with Gasteiger partial charge in [-0.1, -0.05) is 0 Å². The first-order valence-electron chi connectivity index (χ1n) is 4.90. The Morgan fingerprint density at radius 1 is 1.27 bits per heavy atom. The molecule has 0 fully saturated rings. The van der Waals surface area contributed by atoms with Crippen LogP contribution in [0.5, 0.6) is 0 Å². The number of hydrogen-bond acceptors (Lipinski definition) is 4. The Morgan fingerprint density at radius 3 is 2.33 bits per heavy atom. The largest absolute Gasteiger partial charge is 0.381 e. The highest BCUT2D eigenvalue weighted by molar-refractivity contribution is 7.89. The molecule has 0 bridgehead atoms. The number of hydrogen-bond donors (Lipinski definition) is 1. The summed E-state index contributed by atoms with van der Waals surface area (Å²) in [6.07, 6.45) is 1.21. The second-order valence-corrected chi connectivity index (χ2v) is 5.78. The summed E-state index contributed by atoms with van der Waals surface area (Å²) < 4.78 is 31.6. The number of primary sulfonamides is 1. The maximum Gasteiger partial charge on any atom is 0.209 e. The molecule has 0 heterocycles. The van der Waals surface area contributed by atoms with Gasteiger partial charge in [0.2, 0.25) is 10.0 Å². The van der Waals surface area contributed by atoms with Gasteiger partial charge in [0, 0.05) is 20.3 Å². The van der Waals surface area contributed by atoms with E-state index in [9.17, 15) is 8.42 Å². The molecular weight excluding hydrogens is 218 g/mol. The van der Waals surface area contributed by atoms with E-state index in [4.69, 9.17) is 14.6 Å². The summed E-state index contributed by atoms with van der Waals surface area (Å²) in [5, 5.41) is 4.84. The van der Waals surface area contributed by atoms with Gasteiger partial charge in [-0.2, -0.15) is 0 Å². The van der Waals surface area contributed by atoms with Crippen molar-refractivity contribution in [3.05, 3.63) is 0 Å². The molecule has 0 aliphatic heterocycles. The molecule has 0 aromatic carbocycles. The average Bonchev–Trinajstić information content (AvgIpc) is 2.09. The van der Waals surface area contributed by atoms with E-state index in [0.29, 0.717) is 19.6 Å². The summed E-state index contributed by atoms with van der Waals surface area (Å²) in [6.45, 7) is 4.92. The molecule has 5 nitrogen and oxygen atoms in total. The third-order valence-corrected chi connectivity index (χ3v) is 2.98. The maximum atomic E-state index is 10.6. The lowest BCUT2D eigenvalue weighted by Crippen LogP contribution is -2.24. The van der Waals surface area contributed by atoms with Crippen molar-refractivity contribution < 1.29 is 17.9 Å². The fourth-order valence-corrected chi connectivity index (χ4v) is 1.40. The van der Waals surface area contributed by atoms with E-state index < -0.39 is 10.0 Å². The van der Waals surface area contributed by atoms with Crippen molar-refractivity contribution in [3.63, 3.8) is 0 Å². The number of nitrogens with two attached hydrogens (primary N) is 1. The number of ether oxygens (including phenoxy) is 2. The fourth-order valence-electron chi connectivity index (χ4n) is 0.884. The van der Waals surface area contributed by atoms with E-state index in [-0.39, 0.29) is 11.4 Å². The second-order valence-electron chi connectivity index (χ2n) is 4.05. The van der Waals surface area contributed by atoms with Crippen LogP contribution < -0.4 is 5.14 Å². The molecule has 0 amide bonds. The minimum Gasteiger partial charge on any atom is -0.381 e. The van der Waals surface area contributed by atoms with E-state index in [1.54, 1.807) is 7.11 Å². The standard InChI is InChI=1S/C9H21NO4S/c1-9(2,13-3)5-7-14-6-4-8-15(10,11)12/h4-8H2,1-3H3,(H2,10,11,12). The molecule has 0 unspecified atom stereocenters. The van der Waals surface area contributed by atoms with E-state index in [1.165, 1.54) is 0 Å². The lowest BCUT2D eigenvalue weighted by molar-refractivity contribution is -0.00962. The van der Waals surface area contributed by atoms with Crippen LogP contribution in [-0.4, -0.2) is 40.1 Å². The van der Waals surface area contributed by atoms with Gasteiger partial charge in [0.05, 0.1) is 11.4 Å². The van der Waals surface area contributed by atoms with Gasteiger partial charge >= 0.3 is 0 Å². The van der Waals surface area contributed by atoms with Crippen LogP contribution in [0.2, 0.25) is 0 Å². The average molecular weight is 239 g/mol. The SMILES string of the molecule is COC(C)(C)CCOCCCS(N)(=O)=O. The predicted molar refractivity (Wildman–Crippen MR) is 59.1 cm³/mol. The first-order chi connectivity index (χ1) is 6.77. The molecule has 0 atom stereocenters. The van der Waals surface area contributed by atoms with Gasteiger partial charge in [-0.3, -0.25) is 0 Å². The van der Waals surface area contributed by atoms with Gasteiger partial charge < -0.3 is 9.47 Å². The summed E-state index contributed by atoms with van der Waals surface area (Å²) >= 11 is 0. The molecule has 15 heavy (non-hydrogen) atoms. The van der Waals surface area contributed by atoms with Gasteiger partial charge in [-0.05, 0) is 26.7 Å². The third-order valence-electron chi connectivity index (χ3n) is 2.12. The topological polar surface area (TPSA) is 78.6 Å². The lowest BCUT2D eigenvalue weighted by atomic mass is 10.1. The highest BCUT2D eigenvalue weighted by Gasteiger charge is 2.15. The quantitative estimate of drug-likeness (QED) is 0.625. The van der Waals surface area contributed by atoms with E-state index in [2.05, 4.69) is 0 Å². The number of rotatable bonds is 8. The fraction of sp³-hybridized carbons (Fsp3) is 1.00. The summed E-state index contributed by atoms with van der Waals surface area (Å²) in [6, 6.07) is 0. The number of methoxy groups -OCH3 is 1. The molecule has 2 N–H and O–H groups in total. The smallest absolute Gasteiger partial charge is 0.209 e. The monoisotopic (exact) mass is 239 g/mol.